The molecule has 33 heavy (non-hydrogen) atoms. The van der Waals surface area contributed by atoms with Gasteiger partial charge in [-0.1, -0.05) is 24.3 Å². The van der Waals surface area contributed by atoms with Crippen molar-refractivity contribution < 1.29 is 30.8 Å². The van der Waals surface area contributed by atoms with Crippen molar-refractivity contribution in [3.63, 3.8) is 0 Å². The summed E-state index contributed by atoms with van der Waals surface area (Å²) in [4.78, 5) is 14.5. The van der Waals surface area contributed by atoms with Crippen molar-refractivity contribution in [2.75, 3.05) is 24.2 Å². The third-order valence-electron chi connectivity index (χ3n) is 5.26. The molecule has 1 amide bonds. The summed E-state index contributed by atoms with van der Waals surface area (Å²) in [6.07, 6.45) is -1.86. The second-order valence-corrected chi connectivity index (χ2v) is 9.57. The number of aromatic nitrogens is 2. The molecule has 0 bridgehead atoms. The SMILES string of the molecule is CS(=O)(=O)N1CC(C(=O)N(Cc2ccc(-c3nnc(C(F)F)o3)cc2F)c2ccccc2)C1. The molecule has 8 nitrogen and oxygen atoms in total. The number of benzene rings is 2. The maximum atomic E-state index is 14.9. The summed E-state index contributed by atoms with van der Waals surface area (Å²) in [5.41, 5.74) is 0.821. The minimum Gasteiger partial charge on any atom is -0.415 e. The number of carbonyl (C=O) groups excluding carboxylic acids is 1. The Hall–Kier alpha value is -3.25. The van der Waals surface area contributed by atoms with E-state index in [1.54, 1.807) is 30.3 Å². The Bertz CT molecular complexity index is 1260. The maximum Gasteiger partial charge on any atom is 0.314 e. The first kappa shape index (κ1) is 22.9. The van der Waals surface area contributed by atoms with E-state index in [1.165, 1.54) is 21.3 Å². The summed E-state index contributed by atoms with van der Waals surface area (Å²) in [5.74, 6) is -2.68. The van der Waals surface area contributed by atoms with Crippen LogP contribution < -0.4 is 4.90 Å². The van der Waals surface area contributed by atoms with Crippen LogP contribution in [0.1, 0.15) is 17.9 Å². The summed E-state index contributed by atoms with van der Waals surface area (Å²) in [6, 6.07) is 12.5. The van der Waals surface area contributed by atoms with Crippen molar-refractivity contribution in [1.82, 2.24) is 14.5 Å². The normalized spacial score (nSPS) is 14.9. The van der Waals surface area contributed by atoms with E-state index >= 15 is 0 Å². The second kappa shape index (κ2) is 8.94. The highest BCUT2D eigenvalue weighted by Crippen LogP contribution is 2.28. The molecule has 0 unspecified atom stereocenters. The van der Waals surface area contributed by atoms with Crippen molar-refractivity contribution in [2.45, 2.75) is 13.0 Å². The van der Waals surface area contributed by atoms with Crippen LogP contribution in [0.25, 0.3) is 11.5 Å². The van der Waals surface area contributed by atoms with Gasteiger partial charge >= 0.3 is 6.43 Å². The zero-order valence-corrected chi connectivity index (χ0v) is 18.2. The molecule has 2 aromatic carbocycles. The fourth-order valence-corrected chi connectivity index (χ4v) is 4.31. The van der Waals surface area contributed by atoms with Crippen molar-refractivity contribution in [2.24, 2.45) is 5.92 Å². The Labute approximate surface area is 187 Å². The van der Waals surface area contributed by atoms with Crippen LogP contribution in [0.3, 0.4) is 0 Å². The number of amides is 1. The number of halogens is 3. The lowest BCUT2D eigenvalue weighted by Gasteiger charge is -2.39. The molecule has 4 rings (SSSR count). The molecule has 12 heteroatoms. The number of rotatable bonds is 7. The fraction of sp³-hybridized carbons (Fsp3) is 0.286. The zero-order chi connectivity index (χ0) is 23.8. The molecule has 1 aliphatic rings. The molecule has 0 N–H and O–H groups in total. The molecule has 3 aromatic rings. The van der Waals surface area contributed by atoms with E-state index in [9.17, 15) is 26.4 Å². The molecule has 1 aliphatic heterocycles. The average Bonchev–Trinajstić information content (AvgIpc) is 3.22. The highest BCUT2D eigenvalue weighted by atomic mass is 32.2. The van der Waals surface area contributed by atoms with E-state index in [0.29, 0.717) is 5.69 Å². The van der Waals surface area contributed by atoms with Gasteiger partial charge in [0.05, 0.1) is 18.7 Å². The minimum atomic E-state index is -3.39. The van der Waals surface area contributed by atoms with Gasteiger partial charge in [-0.25, -0.2) is 17.1 Å². The van der Waals surface area contributed by atoms with Gasteiger partial charge in [0.25, 0.3) is 5.89 Å². The zero-order valence-electron chi connectivity index (χ0n) is 17.4. The Morgan fingerprint density at radius 1 is 1.18 bits per heavy atom. The van der Waals surface area contributed by atoms with Crippen LogP contribution in [-0.4, -0.2) is 48.2 Å². The van der Waals surface area contributed by atoms with Gasteiger partial charge in [-0.3, -0.25) is 4.79 Å². The van der Waals surface area contributed by atoms with Crippen molar-refractivity contribution >= 4 is 21.6 Å². The van der Waals surface area contributed by atoms with E-state index in [0.717, 1.165) is 12.3 Å². The Balaban J connectivity index is 1.57. The quantitative estimate of drug-likeness (QED) is 0.515. The second-order valence-electron chi connectivity index (χ2n) is 7.59. The van der Waals surface area contributed by atoms with Gasteiger partial charge in [0.15, 0.2) is 0 Å². The van der Waals surface area contributed by atoms with Gasteiger partial charge in [0, 0.05) is 29.9 Å². The lowest BCUT2D eigenvalue weighted by atomic mass is 10.0. The Morgan fingerprint density at radius 2 is 1.88 bits per heavy atom. The highest BCUT2D eigenvalue weighted by Gasteiger charge is 2.40. The predicted octanol–water partition coefficient (Wildman–Crippen LogP) is 3.24. The molecule has 0 atom stereocenters. The van der Waals surface area contributed by atoms with Crippen LogP contribution in [0.4, 0.5) is 18.9 Å². The van der Waals surface area contributed by atoms with Gasteiger partial charge in [-0.15, -0.1) is 10.2 Å². The van der Waals surface area contributed by atoms with E-state index in [2.05, 4.69) is 10.2 Å². The summed E-state index contributed by atoms with van der Waals surface area (Å²) in [6.45, 7) is 0.00849. The standard InChI is InChI=1S/C21H19F3N4O4S/c1-33(30,31)27-10-15(11-27)21(29)28(16-5-3-2-4-6-16)12-14-8-7-13(9-17(14)22)19-25-26-20(32-19)18(23)24/h2-9,15,18H,10-12H2,1H3. The maximum absolute atomic E-state index is 14.9. The summed E-state index contributed by atoms with van der Waals surface area (Å²) in [5, 5.41) is 6.73. The highest BCUT2D eigenvalue weighted by molar-refractivity contribution is 7.88. The first-order valence-electron chi connectivity index (χ1n) is 9.85. The minimum absolute atomic E-state index is 0.0616. The van der Waals surface area contributed by atoms with Gasteiger partial charge < -0.3 is 9.32 Å². The number of hydrogen-bond acceptors (Lipinski definition) is 6. The van der Waals surface area contributed by atoms with Crippen LogP contribution in [0.2, 0.25) is 0 Å². The van der Waals surface area contributed by atoms with E-state index in [4.69, 9.17) is 4.42 Å². The molecule has 0 radical (unpaired) electrons. The van der Waals surface area contributed by atoms with Crippen LogP contribution >= 0.6 is 0 Å². The molecule has 0 spiro atoms. The van der Waals surface area contributed by atoms with Gasteiger partial charge in [-0.2, -0.15) is 8.78 Å². The molecular formula is C21H19F3N4O4S. The molecule has 0 saturated carbocycles. The molecular weight excluding hydrogens is 461 g/mol. The number of hydrogen-bond donors (Lipinski definition) is 0. The molecule has 174 valence electrons. The van der Waals surface area contributed by atoms with Crippen molar-refractivity contribution in [3.8, 4) is 11.5 Å². The van der Waals surface area contributed by atoms with Crippen LogP contribution in [0.15, 0.2) is 52.9 Å². The van der Waals surface area contributed by atoms with Gasteiger partial charge in [0.1, 0.15) is 5.82 Å². The van der Waals surface area contributed by atoms with E-state index in [1.807, 2.05) is 0 Å². The summed E-state index contributed by atoms with van der Waals surface area (Å²) in [7, 11) is -3.39. The van der Waals surface area contributed by atoms with Crippen molar-refractivity contribution in [3.05, 3.63) is 65.8 Å². The molecule has 1 fully saturated rings. The first-order chi connectivity index (χ1) is 15.6. The largest absolute Gasteiger partial charge is 0.415 e. The fourth-order valence-electron chi connectivity index (χ4n) is 3.41. The first-order valence-corrected chi connectivity index (χ1v) is 11.7. The topological polar surface area (TPSA) is 96.6 Å². The van der Waals surface area contributed by atoms with E-state index < -0.39 is 34.1 Å². The smallest absolute Gasteiger partial charge is 0.314 e. The number of sulfonamides is 1. The van der Waals surface area contributed by atoms with Crippen LogP contribution in [-0.2, 0) is 21.4 Å². The number of nitrogens with zero attached hydrogens (tertiary/aromatic N) is 4. The van der Waals surface area contributed by atoms with Crippen molar-refractivity contribution in [1.29, 1.82) is 0 Å². The Kier molecular flexibility index (Phi) is 6.21. The van der Waals surface area contributed by atoms with E-state index in [-0.39, 0.29) is 42.6 Å². The molecule has 0 aliphatic carbocycles. The number of para-hydroxylation sites is 1. The number of alkyl halides is 2. The molecule has 1 aromatic heterocycles. The lowest BCUT2D eigenvalue weighted by molar-refractivity contribution is -0.125. The molecule has 2 heterocycles. The molecule has 1 saturated heterocycles. The van der Waals surface area contributed by atoms with Gasteiger partial charge in [0.2, 0.25) is 21.8 Å². The third kappa shape index (κ3) is 4.91. The average molecular weight is 480 g/mol. The van der Waals surface area contributed by atoms with Gasteiger partial charge in [-0.05, 0) is 24.3 Å². The number of anilines is 1. The summed E-state index contributed by atoms with van der Waals surface area (Å²) < 4.78 is 69.5. The number of carbonyl (C=O) groups is 1. The summed E-state index contributed by atoms with van der Waals surface area (Å²) >= 11 is 0. The van der Waals surface area contributed by atoms with Crippen LogP contribution in [0.5, 0.6) is 0 Å². The predicted molar refractivity (Wildman–Crippen MR) is 112 cm³/mol. The lowest BCUT2D eigenvalue weighted by Crippen LogP contribution is -2.56. The third-order valence-corrected chi connectivity index (χ3v) is 6.49. The monoisotopic (exact) mass is 480 g/mol. The Morgan fingerprint density at radius 3 is 2.45 bits per heavy atom. The van der Waals surface area contributed by atoms with Crippen LogP contribution in [0, 0.1) is 11.7 Å².